The number of aromatic nitrogens is 3. The Hall–Kier alpha value is -1.67. The Balaban J connectivity index is 2.51. The fraction of sp³-hybridized carbons (Fsp3) is 0.800. The van der Waals surface area contributed by atoms with Gasteiger partial charge in [-0.15, -0.1) is 0 Å². The summed E-state index contributed by atoms with van der Waals surface area (Å²) in [6.07, 6.45) is 0.581. The topological polar surface area (TPSA) is 129 Å². The fourth-order valence-corrected chi connectivity index (χ4v) is 1.94. The predicted molar refractivity (Wildman–Crippen MR) is 91.9 cm³/mol. The molecular formula is C15H30N6O2. The van der Waals surface area contributed by atoms with E-state index in [-0.39, 0.29) is 23.4 Å². The number of nitrogens with two attached hydrogens (primary N) is 1. The predicted octanol–water partition coefficient (Wildman–Crippen LogP) is 1.58. The number of hydrogen-bond donors (Lipinski definition) is 5. The lowest BCUT2D eigenvalue weighted by molar-refractivity contribution is 0.0502. The Labute approximate surface area is 137 Å². The maximum absolute atomic E-state index is 10.0. The average molecular weight is 326 g/mol. The minimum Gasteiger partial charge on any atom is -0.393 e. The summed E-state index contributed by atoms with van der Waals surface area (Å²) >= 11 is 0. The van der Waals surface area contributed by atoms with Gasteiger partial charge in [-0.1, -0.05) is 20.8 Å². The summed E-state index contributed by atoms with van der Waals surface area (Å²) in [5.41, 5.74) is 5.49. The molecule has 0 aliphatic carbocycles. The summed E-state index contributed by atoms with van der Waals surface area (Å²) in [5, 5.41) is 25.9. The first-order chi connectivity index (χ1) is 10.6. The molecule has 1 heterocycles. The van der Waals surface area contributed by atoms with Crippen LogP contribution in [-0.2, 0) is 0 Å². The van der Waals surface area contributed by atoms with Gasteiger partial charge in [0.15, 0.2) is 0 Å². The van der Waals surface area contributed by atoms with Crippen LogP contribution in [0.3, 0.4) is 0 Å². The van der Waals surface area contributed by atoms with E-state index in [1.165, 1.54) is 0 Å². The summed E-state index contributed by atoms with van der Waals surface area (Å²) < 4.78 is 0. The average Bonchev–Trinajstić information content (AvgIpc) is 2.35. The van der Waals surface area contributed by atoms with Crippen LogP contribution in [0.4, 0.5) is 17.8 Å². The molecule has 1 aromatic heterocycles. The zero-order valence-electron chi connectivity index (χ0n) is 14.7. The smallest absolute Gasteiger partial charge is 0.231 e. The molecule has 0 spiro atoms. The van der Waals surface area contributed by atoms with Gasteiger partial charge in [-0.05, 0) is 38.5 Å². The molecule has 0 fully saturated rings. The van der Waals surface area contributed by atoms with Crippen molar-refractivity contribution >= 4 is 17.8 Å². The van der Waals surface area contributed by atoms with Crippen molar-refractivity contribution in [1.82, 2.24) is 15.0 Å². The maximum atomic E-state index is 10.0. The lowest BCUT2D eigenvalue weighted by Gasteiger charge is -2.26. The van der Waals surface area contributed by atoms with Gasteiger partial charge in [0, 0.05) is 6.04 Å². The Morgan fingerprint density at radius 3 is 2.09 bits per heavy atom. The zero-order chi connectivity index (χ0) is 17.6. The summed E-state index contributed by atoms with van der Waals surface area (Å²) in [6.45, 7) is 9.89. The van der Waals surface area contributed by atoms with Gasteiger partial charge in [0.05, 0.1) is 6.10 Å². The monoisotopic (exact) mass is 326 g/mol. The zero-order valence-corrected chi connectivity index (χ0v) is 14.7. The third kappa shape index (κ3) is 7.43. The Morgan fingerprint density at radius 1 is 1.00 bits per heavy atom. The number of nitrogens with one attached hydrogen (secondary N) is 2. The van der Waals surface area contributed by atoms with Crippen LogP contribution < -0.4 is 16.4 Å². The molecule has 2 unspecified atom stereocenters. The molecule has 1 aromatic rings. The van der Waals surface area contributed by atoms with Crippen LogP contribution in [0.2, 0.25) is 0 Å². The van der Waals surface area contributed by atoms with Gasteiger partial charge in [-0.25, -0.2) is 0 Å². The first-order valence-corrected chi connectivity index (χ1v) is 7.98. The van der Waals surface area contributed by atoms with Gasteiger partial charge in [-0.2, -0.15) is 15.0 Å². The summed E-state index contributed by atoms with van der Waals surface area (Å²) in [7, 11) is 0. The van der Waals surface area contributed by atoms with Gasteiger partial charge < -0.3 is 26.6 Å². The molecular weight excluding hydrogens is 296 g/mol. The fourth-order valence-electron chi connectivity index (χ4n) is 1.94. The van der Waals surface area contributed by atoms with E-state index in [9.17, 15) is 10.2 Å². The molecule has 0 saturated carbocycles. The highest BCUT2D eigenvalue weighted by atomic mass is 16.3. The number of nitrogen functional groups attached to an aromatic ring is 1. The largest absolute Gasteiger partial charge is 0.393 e. The summed E-state index contributed by atoms with van der Waals surface area (Å²) in [4.78, 5) is 12.1. The van der Waals surface area contributed by atoms with Gasteiger partial charge in [0.25, 0.3) is 0 Å². The van der Waals surface area contributed by atoms with Crippen molar-refractivity contribution in [2.24, 2.45) is 5.41 Å². The lowest BCUT2D eigenvalue weighted by Crippen LogP contribution is -2.27. The van der Waals surface area contributed by atoms with E-state index >= 15 is 0 Å². The normalized spacial score (nSPS) is 14.6. The second-order valence-corrected chi connectivity index (χ2v) is 7.11. The van der Waals surface area contributed by atoms with Crippen LogP contribution in [-0.4, -0.2) is 43.5 Å². The highest BCUT2D eigenvalue weighted by Gasteiger charge is 2.21. The van der Waals surface area contributed by atoms with E-state index in [1.807, 2.05) is 34.6 Å². The molecule has 8 heteroatoms. The molecule has 0 aliphatic heterocycles. The molecule has 0 bridgehead atoms. The molecule has 0 saturated heterocycles. The van der Waals surface area contributed by atoms with Crippen LogP contribution in [0.15, 0.2) is 0 Å². The van der Waals surface area contributed by atoms with Crippen LogP contribution in [0.1, 0.15) is 53.9 Å². The molecule has 0 aliphatic rings. The Bertz CT molecular complexity index is 489. The molecule has 0 aromatic carbocycles. The number of aliphatic hydroxyl groups is 2. The van der Waals surface area contributed by atoms with Crippen molar-refractivity contribution in [3.05, 3.63) is 0 Å². The highest BCUT2D eigenvalue weighted by molar-refractivity contribution is 5.40. The quantitative estimate of drug-likeness (QED) is 0.455. The van der Waals surface area contributed by atoms with Gasteiger partial charge >= 0.3 is 0 Å². The van der Waals surface area contributed by atoms with Crippen LogP contribution >= 0.6 is 0 Å². The van der Waals surface area contributed by atoms with Crippen molar-refractivity contribution in [1.29, 1.82) is 0 Å². The van der Waals surface area contributed by atoms with E-state index in [4.69, 9.17) is 5.73 Å². The molecule has 0 amide bonds. The number of anilines is 3. The van der Waals surface area contributed by atoms with Crippen LogP contribution in [0, 0.1) is 5.41 Å². The number of nitrogens with zero attached hydrogens (tertiary/aromatic N) is 3. The van der Waals surface area contributed by atoms with Crippen molar-refractivity contribution in [2.45, 2.75) is 72.3 Å². The van der Waals surface area contributed by atoms with Gasteiger partial charge in [-0.3, -0.25) is 0 Å². The van der Waals surface area contributed by atoms with Gasteiger partial charge in [0.1, 0.15) is 6.23 Å². The van der Waals surface area contributed by atoms with Crippen molar-refractivity contribution in [3.63, 3.8) is 0 Å². The number of hydrogen-bond acceptors (Lipinski definition) is 8. The van der Waals surface area contributed by atoms with Gasteiger partial charge in [0.2, 0.25) is 17.8 Å². The third-order valence-electron chi connectivity index (χ3n) is 3.32. The molecule has 132 valence electrons. The summed E-state index contributed by atoms with van der Waals surface area (Å²) in [6, 6.07) is 0.161. The molecule has 8 nitrogen and oxygen atoms in total. The molecule has 0 radical (unpaired) electrons. The molecule has 2 atom stereocenters. The first-order valence-electron chi connectivity index (χ1n) is 7.98. The standard InChI is InChI=1S/C15H30N6O2/c1-9(2)17-13-19-12(16)20-14(21-13)18-11(23)8-6-7-10(22)15(3,4)5/h9-11,22-23H,6-8H2,1-5H3,(H4,16,17,18,19,20,21). The minimum atomic E-state index is -0.809. The van der Waals surface area contributed by atoms with E-state index in [2.05, 4.69) is 25.6 Å². The molecule has 6 N–H and O–H groups in total. The van der Waals surface area contributed by atoms with Crippen molar-refractivity contribution in [2.75, 3.05) is 16.4 Å². The van der Waals surface area contributed by atoms with Crippen molar-refractivity contribution < 1.29 is 10.2 Å². The lowest BCUT2D eigenvalue weighted by atomic mass is 9.86. The number of rotatable bonds is 8. The second-order valence-electron chi connectivity index (χ2n) is 7.11. The molecule has 1 rings (SSSR count). The minimum absolute atomic E-state index is 0.0843. The van der Waals surface area contributed by atoms with E-state index in [0.717, 1.165) is 0 Å². The van der Waals surface area contributed by atoms with Crippen molar-refractivity contribution in [3.8, 4) is 0 Å². The van der Waals surface area contributed by atoms with E-state index in [0.29, 0.717) is 25.2 Å². The third-order valence-corrected chi connectivity index (χ3v) is 3.32. The highest BCUT2D eigenvalue weighted by Crippen LogP contribution is 2.23. The van der Waals surface area contributed by atoms with Crippen LogP contribution in [0.5, 0.6) is 0 Å². The van der Waals surface area contributed by atoms with E-state index < -0.39 is 12.3 Å². The van der Waals surface area contributed by atoms with E-state index in [1.54, 1.807) is 0 Å². The molecule has 23 heavy (non-hydrogen) atoms. The Morgan fingerprint density at radius 2 is 1.57 bits per heavy atom. The van der Waals surface area contributed by atoms with Crippen LogP contribution in [0.25, 0.3) is 0 Å². The number of aliphatic hydroxyl groups excluding tert-OH is 2. The first kappa shape index (κ1) is 19.4. The second kappa shape index (κ2) is 8.26. The maximum Gasteiger partial charge on any atom is 0.231 e. The Kier molecular flexibility index (Phi) is 6.96. The SMILES string of the molecule is CC(C)Nc1nc(N)nc(NC(O)CCCC(O)C(C)(C)C)n1. The summed E-state index contributed by atoms with van der Waals surface area (Å²) in [5.74, 6) is 0.677.